The number of hydrogen-bond donors (Lipinski definition) is 7. The molecule has 2 aromatic rings. The number of nitrogens with two attached hydrogens (primary N) is 1. The molecule has 0 aliphatic carbocycles. The highest BCUT2D eigenvalue weighted by molar-refractivity contribution is 5.94. The van der Waals surface area contributed by atoms with Gasteiger partial charge in [0.2, 0.25) is 17.7 Å². The Kier molecular flexibility index (Phi) is 8.30. The minimum atomic E-state index is -1.33. The fraction of sp³-hybridized carbons (Fsp3) is 0.350. The summed E-state index contributed by atoms with van der Waals surface area (Å²) in [6.45, 7) is 0.743. The maximum atomic E-state index is 12.7. The van der Waals surface area contributed by atoms with Crippen LogP contribution in [0.3, 0.4) is 0 Å². The van der Waals surface area contributed by atoms with Gasteiger partial charge in [-0.3, -0.25) is 24.0 Å². The number of carbonyl (C=O) groups is 5. The Bertz CT molecular complexity index is 1020. The number of carbonyl (C=O) groups excluding carboxylic acids is 3. The van der Waals surface area contributed by atoms with Gasteiger partial charge in [0.05, 0.1) is 19.0 Å². The summed E-state index contributed by atoms with van der Waals surface area (Å²) in [5, 5.41) is 25.5. The van der Waals surface area contributed by atoms with E-state index >= 15 is 0 Å². The van der Waals surface area contributed by atoms with E-state index in [4.69, 9.17) is 15.9 Å². The van der Waals surface area contributed by atoms with Crippen molar-refractivity contribution in [1.82, 2.24) is 20.9 Å². The second-order valence-corrected chi connectivity index (χ2v) is 7.17. The highest BCUT2D eigenvalue weighted by Gasteiger charge is 2.26. The Balaban J connectivity index is 2.09. The van der Waals surface area contributed by atoms with E-state index in [2.05, 4.69) is 20.9 Å². The number of nitrogens with one attached hydrogen (secondary N) is 4. The summed E-state index contributed by atoms with van der Waals surface area (Å²) in [6, 6.07) is 3.68. The largest absolute Gasteiger partial charge is 0.481 e. The van der Waals surface area contributed by atoms with Crippen molar-refractivity contribution in [3.05, 3.63) is 36.0 Å². The summed E-state index contributed by atoms with van der Waals surface area (Å²) in [7, 11) is 0. The van der Waals surface area contributed by atoms with Crippen molar-refractivity contribution in [2.75, 3.05) is 6.54 Å². The summed E-state index contributed by atoms with van der Waals surface area (Å²) in [6.07, 6.45) is 1.14. The van der Waals surface area contributed by atoms with Crippen LogP contribution in [0.1, 0.15) is 18.9 Å². The van der Waals surface area contributed by atoms with Crippen LogP contribution in [0.5, 0.6) is 0 Å². The van der Waals surface area contributed by atoms with Gasteiger partial charge < -0.3 is 36.9 Å². The lowest BCUT2D eigenvalue weighted by Crippen LogP contribution is -2.54. The van der Waals surface area contributed by atoms with Crippen molar-refractivity contribution in [3.8, 4) is 0 Å². The van der Waals surface area contributed by atoms with Gasteiger partial charge in [-0.1, -0.05) is 18.2 Å². The van der Waals surface area contributed by atoms with Crippen molar-refractivity contribution in [2.24, 2.45) is 5.73 Å². The number of carboxylic acid groups (broad SMARTS) is 2. The van der Waals surface area contributed by atoms with E-state index in [0.29, 0.717) is 0 Å². The molecule has 0 aliphatic rings. The molecule has 1 aromatic heterocycles. The van der Waals surface area contributed by atoms with Crippen molar-refractivity contribution < 1.29 is 34.2 Å². The number of aromatic amines is 1. The number of aromatic nitrogens is 1. The first-order valence-electron chi connectivity index (χ1n) is 9.71. The standard InChI is InChI=1S/C20H25N5O7/c1-10(20(31)32)24-19(30)15(6-11-8-22-14-5-3-2-4-12(11)14)25-16(26)9-23-18(29)13(21)7-17(27)28/h2-5,8,10,13,15,22H,6-7,9,21H2,1H3,(H,23,29)(H,24,30)(H,25,26)(H,27,28)(H,31,32). The molecule has 2 rings (SSSR count). The van der Waals surface area contributed by atoms with Crippen molar-refractivity contribution >= 4 is 40.6 Å². The third-order valence-electron chi connectivity index (χ3n) is 4.63. The van der Waals surface area contributed by atoms with Gasteiger partial charge in [-0.05, 0) is 18.6 Å². The third kappa shape index (κ3) is 6.80. The number of hydrogen-bond acceptors (Lipinski definition) is 6. The van der Waals surface area contributed by atoms with Crippen LogP contribution in [-0.4, -0.2) is 69.5 Å². The fourth-order valence-electron chi connectivity index (χ4n) is 2.93. The number of fused-ring (bicyclic) bond motifs is 1. The van der Waals surface area contributed by atoms with Crippen molar-refractivity contribution in [3.63, 3.8) is 0 Å². The zero-order chi connectivity index (χ0) is 23.8. The van der Waals surface area contributed by atoms with E-state index in [1.54, 1.807) is 6.20 Å². The van der Waals surface area contributed by atoms with Crippen molar-refractivity contribution in [1.29, 1.82) is 0 Å². The predicted molar refractivity (Wildman–Crippen MR) is 112 cm³/mol. The van der Waals surface area contributed by atoms with Crippen LogP contribution in [0.15, 0.2) is 30.5 Å². The molecule has 32 heavy (non-hydrogen) atoms. The SMILES string of the molecule is CC(NC(=O)C(Cc1c[nH]c2ccccc12)NC(=O)CNC(=O)C(N)CC(=O)O)C(=O)O. The van der Waals surface area contributed by atoms with Crippen LogP contribution in [0.4, 0.5) is 0 Å². The van der Waals surface area contributed by atoms with Crippen LogP contribution in [0.25, 0.3) is 10.9 Å². The Labute approximate surface area is 182 Å². The minimum absolute atomic E-state index is 0.0560. The van der Waals surface area contributed by atoms with Gasteiger partial charge in [-0.15, -0.1) is 0 Å². The molecule has 3 unspecified atom stereocenters. The maximum Gasteiger partial charge on any atom is 0.325 e. The van der Waals surface area contributed by atoms with Gasteiger partial charge >= 0.3 is 11.9 Å². The lowest BCUT2D eigenvalue weighted by atomic mass is 10.0. The van der Waals surface area contributed by atoms with Gasteiger partial charge in [-0.2, -0.15) is 0 Å². The molecule has 3 atom stereocenters. The fourth-order valence-corrected chi connectivity index (χ4v) is 2.93. The van der Waals surface area contributed by atoms with E-state index in [1.807, 2.05) is 24.3 Å². The van der Waals surface area contributed by atoms with E-state index in [1.165, 1.54) is 6.92 Å². The van der Waals surface area contributed by atoms with Gasteiger partial charge in [0.25, 0.3) is 0 Å². The van der Waals surface area contributed by atoms with Crippen LogP contribution in [0, 0.1) is 0 Å². The Morgan fingerprint density at radius 1 is 1.06 bits per heavy atom. The molecule has 0 bridgehead atoms. The molecule has 1 heterocycles. The lowest BCUT2D eigenvalue weighted by Gasteiger charge is -2.20. The minimum Gasteiger partial charge on any atom is -0.481 e. The molecule has 8 N–H and O–H groups in total. The summed E-state index contributed by atoms with van der Waals surface area (Å²) in [5.41, 5.74) is 6.98. The topological polar surface area (TPSA) is 204 Å². The number of benzene rings is 1. The molecule has 0 fully saturated rings. The number of H-pyrrole nitrogens is 1. The summed E-state index contributed by atoms with van der Waals surface area (Å²) in [4.78, 5) is 61.5. The summed E-state index contributed by atoms with van der Waals surface area (Å²) in [5.74, 6) is -4.79. The van der Waals surface area contributed by atoms with Crippen molar-refractivity contribution in [2.45, 2.75) is 37.9 Å². The quantitative estimate of drug-likeness (QED) is 0.220. The average molecular weight is 447 g/mol. The molecule has 0 saturated carbocycles. The smallest absolute Gasteiger partial charge is 0.325 e. The number of amides is 3. The van der Waals surface area contributed by atoms with E-state index < -0.39 is 60.8 Å². The molecule has 12 heteroatoms. The summed E-state index contributed by atoms with van der Waals surface area (Å²) >= 11 is 0. The van der Waals surface area contributed by atoms with E-state index in [0.717, 1.165) is 16.5 Å². The number of rotatable bonds is 11. The van der Waals surface area contributed by atoms with Gasteiger partial charge in [0.15, 0.2) is 0 Å². The van der Waals surface area contributed by atoms with Gasteiger partial charge in [0, 0.05) is 23.5 Å². The summed E-state index contributed by atoms with van der Waals surface area (Å²) < 4.78 is 0. The van der Waals surface area contributed by atoms with Crippen LogP contribution < -0.4 is 21.7 Å². The molecular weight excluding hydrogens is 422 g/mol. The Morgan fingerprint density at radius 3 is 2.41 bits per heavy atom. The first-order valence-corrected chi connectivity index (χ1v) is 9.71. The Morgan fingerprint density at radius 2 is 1.75 bits per heavy atom. The zero-order valence-electron chi connectivity index (χ0n) is 17.3. The zero-order valence-corrected chi connectivity index (χ0v) is 17.3. The molecule has 172 valence electrons. The first-order chi connectivity index (χ1) is 15.1. The highest BCUT2D eigenvalue weighted by atomic mass is 16.4. The number of para-hydroxylation sites is 1. The van der Waals surface area contributed by atoms with Crippen LogP contribution in [0.2, 0.25) is 0 Å². The second kappa shape index (κ2) is 10.9. The number of carboxylic acids is 2. The number of aliphatic carboxylic acids is 2. The molecule has 0 spiro atoms. The monoisotopic (exact) mass is 447 g/mol. The van der Waals surface area contributed by atoms with E-state index in [9.17, 15) is 24.0 Å². The molecular formula is C20H25N5O7. The van der Waals surface area contributed by atoms with Gasteiger partial charge in [-0.25, -0.2) is 0 Å². The third-order valence-corrected chi connectivity index (χ3v) is 4.63. The Hall–Kier alpha value is -3.93. The maximum absolute atomic E-state index is 12.7. The normalized spacial score (nSPS) is 13.6. The molecule has 12 nitrogen and oxygen atoms in total. The first kappa shape index (κ1) is 24.3. The van der Waals surface area contributed by atoms with Crippen LogP contribution >= 0.6 is 0 Å². The molecule has 0 radical (unpaired) electrons. The predicted octanol–water partition coefficient (Wildman–Crippen LogP) is -1.30. The average Bonchev–Trinajstić information content (AvgIpc) is 3.13. The molecule has 1 aromatic carbocycles. The van der Waals surface area contributed by atoms with E-state index in [-0.39, 0.29) is 6.42 Å². The van der Waals surface area contributed by atoms with Crippen LogP contribution in [-0.2, 0) is 30.4 Å². The highest BCUT2D eigenvalue weighted by Crippen LogP contribution is 2.19. The molecule has 3 amide bonds. The lowest BCUT2D eigenvalue weighted by molar-refractivity contribution is -0.141. The second-order valence-electron chi connectivity index (χ2n) is 7.17. The molecule has 0 saturated heterocycles. The van der Waals surface area contributed by atoms with Gasteiger partial charge in [0.1, 0.15) is 12.1 Å². The molecule has 0 aliphatic heterocycles.